The lowest BCUT2D eigenvalue weighted by molar-refractivity contribution is -0.144. The molecule has 9 nitrogen and oxygen atoms in total. The Bertz CT molecular complexity index is 920. The molecule has 0 saturated carbocycles. The fraction of sp³-hybridized carbons (Fsp3) is 0.538. The second-order valence-corrected chi connectivity index (χ2v) is 5.87. The highest BCUT2D eigenvalue weighted by Crippen LogP contribution is 2.30. The van der Waals surface area contributed by atoms with Gasteiger partial charge in [0, 0.05) is 25.9 Å². The first-order chi connectivity index (χ1) is 11.8. The summed E-state index contributed by atoms with van der Waals surface area (Å²) in [4.78, 5) is 12.2. The zero-order chi connectivity index (χ0) is 17.8. The van der Waals surface area contributed by atoms with Gasteiger partial charge in [-0.3, -0.25) is 4.68 Å². The number of hydrogen-bond acceptors (Lipinski definition) is 6. The van der Waals surface area contributed by atoms with Gasteiger partial charge in [0.25, 0.3) is 11.8 Å². The van der Waals surface area contributed by atoms with E-state index in [1.807, 2.05) is 4.68 Å². The Morgan fingerprint density at radius 2 is 2.00 bits per heavy atom. The number of nitrogens with zero attached hydrogens (tertiary/aromatic N) is 9. The van der Waals surface area contributed by atoms with E-state index >= 15 is 0 Å². The van der Waals surface area contributed by atoms with E-state index in [1.54, 1.807) is 6.92 Å². The number of alkyl halides is 3. The van der Waals surface area contributed by atoms with Crippen molar-refractivity contribution in [1.82, 2.24) is 44.3 Å². The molecule has 3 aromatic heterocycles. The average molecular weight is 353 g/mol. The van der Waals surface area contributed by atoms with Crippen molar-refractivity contribution in [2.45, 2.75) is 38.4 Å². The third kappa shape index (κ3) is 2.66. The van der Waals surface area contributed by atoms with Crippen LogP contribution in [-0.4, -0.2) is 44.3 Å². The highest BCUT2D eigenvalue weighted by atomic mass is 19.4. The van der Waals surface area contributed by atoms with Crippen LogP contribution in [0.2, 0.25) is 0 Å². The number of fused-ring (bicyclic) bond motifs is 1. The Balaban J connectivity index is 1.75. The summed E-state index contributed by atoms with van der Waals surface area (Å²) < 4.78 is 42.9. The van der Waals surface area contributed by atoms with Crippen LogP contribution < -0.4 is 0 Å². The van der Waals surface area contributed by atoms with Crippen molar-refractivity contribution in [2.24, 2.45) is 7.05 Å². The Hall–Kier alpha value is -2.79. The second-order valence-electron chi connectivity index (χ2n) is 5.87. The standard InChI is InChI=1S/C13H14F3N9/c1-7-19-10(8-3-4-24-9(5-8)17-6-18-24)25(21-7)12-20-11(13(14,15)16)22-23(12)2/h6,8H,3-5H2,1-2H3. The van der Waals surface area contributed by atoms with Crippen LogP contribution in [0.4, 0.5) is 13.2 Å². The highest BCUT2D eigenvalue weighted by molar-refractivity contribution is 5.18. The van der Waals surface area contributed by atoms with E-state index in [9.17, 15) is 13.2 Å². The van der Waals surface area contributed by atoms with Crippen molar-refractivity contribution in [3.8, 4) is 5.95 Å². The van der Waals surface area contributed by atoms with E-state index in [2.05, 4.69) is 30.2 Å². The quantitative estimate of drug-likeness (QED) is 0.684. The molecule has 1 unspecified atom stereocenters. The summed E-state index contributed by atoms with van der Waals surface area (Å²) in [5.41, 5.74) is 0. The number of hydrogen-bond donors (Lipinski definition) is 0. The molecule has 1 atom stereocenters. The first-order valence-electron chi connectivity index (χ1n) is 7.62. The van der Waals surface area contributed by atoms with Gasteiger partial charge in [-0.25, -0.2) is 14.6 Å². The van der Waals surface area contributed by atoms with Gasteiger partial charge in [-0.2, -0.15) is 27.9 Å². The van der Waals surface area contributed by atoms with Gasteiger partial charge in [-0.15, -0.1) is 10.2 Å². The molecule has 0 fully saturated rings. The van der Waals surface area contributed by atoms with Crippen molar-refractivity contribution >= 4 is 0 Å². The van der Waals surface area contributed by atoms with Crippen LogP contribution in [0.3, 0.4) is 0 Å². The third-order valence-corrected chi connectivity index (χ3v) is 4.10. The molecule has 4 heterocycles. The molecule has 132 valence electrons. The van der Waals surface area contributed by atoms with E-state index in [0.717, 1.165) is 16.9 Å². The lowest BCUT2D eigenvalue weighted by atomic mass is 9.97. The third-order valence-electron chi connectivity index (χ3n) is 4.10. The number of aromatic nitrogens is 9. The number of halogens is 3. The molecule has 0 spiro atoms. The van der Waals surface area contributed by atoms with Crippen LogP contribution in [0.5, 0.6) is 0 Å². The zero-order valence-electron chi connectivity index (χ0n) is 13.4. The molecule has 1 aliphatic heterocycles. The number of rotatable bonds is 2. The smallest absolute Gasteiger partial charge is 0.250 e. The van der Waals surface area contributed by atoms with Gasteiger partial charge in [0.1, 0.15) is 23.8 Å². The van der Waals surface area contributed by atoms with Crippen LogP contribution in [0.25, 0.3) is 5.95 Å². The van der Waals surface area contributed by atoms with Crippen molar-refractivity contribution in [1.29, 1.82) is 0 Å². The molecule has 0 aliphatic carbocycles. The summed E-state index contributed by atoms with van der Waals surface area (Å²) >= 11 is 0. The van der Waals surface area contributed by atoms with Crippen molar-refractivity contribution in [3.05, 3.63) is 29.6 Å². The molecule has 0 bridgehead atoms. The number of aryl methyl sites for hydroxylation is 3. The van der Waals surface area contributed by atoms with Crippen LogP contribution >= 0.6 is 0 Å². The van der Waals surface area contributed by atoms with E-state index in [0.29, 0.717) is 24.6 Å². The van der Waals surface area contributed by atoms with Gasteiger partial charge in [-0.1, -0.05) is 0 Å². The summed E-state index contributed by atoms with van der Waals surface area (Å²) in [6.07, 6.45) is -1.81. The summed E-state index contributed by atoms with van der Waals surface area (Å²) in [7, 11) is 1.40. The van der Waals surface area contributed by atoms with Gasteiger partial charge in [0.2, 0.25) is 0 Å². The summed E-state index contributed by atoms with van der Waals surface area (Å²) in [6.45, 7) is 2.35. The predicted molar refractivity (Wildman–Crippen MR) is 76.7 cm³/mol. The van der Waals surface area contributed by atoms with Gasteiger partial charge in [-0.05, 0) is 13.3 Å². The maximum atomic E-state index is 12.9. The molecule has 25 heavy (non-hydrogen) atoms. The fourth-order valence-electron chi connectivity index (χ4n) is 2.98. The molecule has 0 N–H and O–H groups in total. The van der Waals surface area contributed by atoms with Gasteiger partial charge < -0.3 is 0 Å². The average Bonchev–Trinajstić information content (AvgIpc) is 3.23. The SMILES string of the molecule is Cc1nc(C2CCn3ncnc3C2)n(-c2nc(C(F)(F)F)nn2C)n1. The predicted octanol–water partition coefficient (Wildman–Crippen LogP) is 1.04. The highest BCUT2D eigenvalue weighted by Gasteiger charge is 2.38. The van der Waals surface area contributed by atoms with E-state index < -0.39 is 12.0 Å². The van der Waals surface area contributed by atoms with Crippen LogP contribution in [-0.2, 0) is 26.2 Å². The van der Waals surface area contributed by atoms with Gasteiger partial charge >= 0.3 is 6.18 Å². The Kier molecular flexibility index (Phi) is 3.37. The monoisotopic (exact) mass is 353 g/mol. The topological polar surface area (TPSA) is 92.1 Å². The van der Waals surface area contributed by atoms with Crippen LogP contribution in [0.1, 0.15) is 35.6 Å². The normalized spacial score (nSPS) is 17.7. The lowest BCUT2D eigenvalue weighted by Gasteiger charge is -2.21. The van der Waals surface area contributed by atoms with Crippen molar-refractivity contribution in [2.75, 3.05) is 0 Å². The molecule has 0 aromatic carbocycles. The minimum absolute atomic E-state index is 0.0186. The van der Waals surface area contributed by atoms with Crippen molar-refractivity contribution < 1.29 is 13.2 Å². The first kappa shape index (κ1) is 15.7. The Labute approximate surface area is 139 Å². The fourth-order valence-corrected chi connectivity index (χ4v) is 2.98. The summed E-state index contributed by atoms with van der Waals surface area (Å²) in [5.74, 6) is 0.568. The molecule has 12 heteroatoms. The first-order valence-corrected chi connectivity index (χ1v) is 7.62. The van der Waals surface area contributed by atoms with Gasteiger partial charge in [0.05, 0.1) is 0 Å². The Morgan fingerprint density at radius 1 is 1.20 bits per heavy atom. The second kappa shape index (κ2) is 5.36. The van der Waals surface area contributed by atoms with Gasteiger partial charge in [0.15, 0.2) is 0 Å². The zero-order valence-corrected chi connectivity index (χ0v) is 13.4. The minimum atomic E-state index is -4.62. The van der Waals surface area contributed by atoms with Crippen LogP contribution in [0.15, 0.2) is 6.33 Å². The Morgan fingerprint density at radius 3 is 2.72 bits per heavy atom. The molecule has 0 amide bonds. The van der Waals surface area contributed by atoms with E-state index in [1.165, 1.54) is 18.1 Å². The molecule has 0 radical (unpaired) electrons. The maximum Gasteiger partial charge on any atom is 0.453 e. The molecule has 3 aromatic rings. The molecular formula is C13H14F3N9. The molecule has 4 rings (SSSR count). The van der Waals surface area contributed by atoms with Crippen molar-refractivity contribution in [3.63, 3.8) is 0 Å². The minimum Gasteiger partial charge on any atom is -0.250 e. The van der Waals surface area contributed by atoms with Crippen LogP contribution in [0, 0.1) is 6.92 Å². The summed E-state index contributed by atoms with van der Waals surface area (Å²) in [6, 6.07) is 0. The largest absolute Gasteiger partial charge is 0.453 e. The maximum absolute atomic E-state index is 12.9. The molecule has 1 aliphatic rings. The van der Waals surface area contributed by atoms with E-state index in [4.69, 9.17) is 0 Å². The lowest BCUT2D eigenvalue weighted by Crippen LogP contribution is -2.22. The molecule has 0 saturated heterocycles. The summed E-state index contributed by atoms with van der Waals surface area (Å²) in [5, 5.41) is 11.8. The molecular weight excluding hydrogens is 339 g/mol. The van der Waals surface area contributed by atoms with E-state index in [-0.39, 0.29) is 11.9 Å².